The highest BCUT2D eigenvalue weighted by Crippen LogP contribution is 2.36. The Balaban J connectivity index is 1.38. The first-order chi connectivity index (χ1) is 15.1. The second-order valence-electron chi connectivity index (χ2n) is 8.31. The molecule has 170 valence electrons. The minimum atomic E-state index is -4.36. The van der Waals surface area contributed by atoms with Gasteiger partial charge in [-0.3, -0.25) is 4.79 Å². The third kappa shape index (κ3) is 4.44. The van der Waals surface area contributed by atoms with Crippen LogP contribution in [-0.4, -0.2) is 40.9 Å². The quantitative estimate of drug-likeness (QED) is 0.535. The summed E-state index contributed by atoms with van der Waals surface area (Å²) >= 11 is 1.67. The molecule has 0 bridgehead atoms. The SMILES string of the molecule is Cc1sc2ncnc(N3CCC(C(=O)N(C)Cc4ccc(C(F)(F)F)cc4)CC3)c2c1C. The van der Waals surface area contributed by atoms with Crippen LogP contribution in [0.5, 0.6) is 0 Å². The summed E-state index contributed by atoms with van der Waals surface area (Å²) in [7, 11) is 1.71. The lowest BCUT2D eigenvalue weighted by molar-refractivity contribution is -0.138. The van der Waals surface area contributed by atoms with Gasteiger partial charge in [0.15, 0.2) is 0 Å². The molecule has 0 atom stereocenters. The predicted molar refractivity (Wildman–Crippen MR) is 120 cm³/mol. The van der Waals surface area contributed by atoms with E-state index in [0.717, 1.165) is 41.3 Å². The van der Waals surface area contributed by atoms with Crippen molar-refractivity contribution in [1.82, 2.24) is 14.9 Å². The second-order valence-corrected chi connectivity index (χ2v) is 9.51. The number of hydrogen-bond acceptors (Lipinski definition) is 5. The molecule has 4 rings (SSSR count). The monoisotopic (exact) mass is 462 g/mol. The van der Waals surface area contributed by atoms with Gasteiger partial charge in [-0.25, -0.2) is 9.97 Å². The van der Waals surface area contributed by atoms with Crippen molar-refractivity contribution in [2.45, 2.75) is 39.4 Å². The summed E-state index contributed by atoms with van der Waals surface area (Å²) < 4.78 is 38.2. The molecule has 2 aromatic heterocycles. The molecule has 1 aromatic carbocycles. The minimum Gasteiger partial charge on any atom is -0.356 e. The number of piperidine rings is 1. The number of anilines is 1. The number of benzene rings is 1. The molecule has 3 aromatic rings. The van der Waals surface area contributed by atoms with E-state index in [9.17, 15) is 18.0 Å². The van der Waals surface area contributed by atoms with E-state index < -0.39 is 11.7 Å². The lowest BCUT2D eigenvalue weighted by atomic mass is 9.95. The van der Waals surface area contributed by atoms with Crippen LogP contribution in [0.2, 0.25) is 0 Å². The molecule has 0 saturated carbocycles. The number of carbonyl (C=O) groups is 1. The van der Waals surface area contributed by atoms with Gasteiger partial charge in [-0.1, -0.05) is 12.1 Å². The molecule has 9 heteroatoms. The van der Waals surface area contributed by atoms with E-state index in [-0.39, 0.29) is 18.4 Å². The fourth-order valence-electron chi connectivity index (χ4n) is 4.20. The van der Waals surface area contributed by atoms with Gasteiger partial charge >= 0.3 is 6.18 Å². The van der Waals surface area contributed by atoms with Crippen molar-refractivity contribution >= 4 is 33.3 Å². The predicted octanol–water partition coefficient (Wildman–Crippen LogP) is 5.20. The van der Waals surface area contributed by atoms with Crippen LogP contribution in [0.25, 0.3) is 10.2 Å². The summed E-state index contributed by atoms with van der Waals surface area (Å²) in [5.41, 5.74) is 1.20. The number of aryl methyl sites for hydroxylation is 2. The molecule has 0 aliphatic carbocycles. The highest BCUT2D eigenvalue weighted by Gasteiger charge is 2.31. The Labute approximate surface area is 188 Å². The standard InChI is InChI=1S/C23H25F3N4OS/c1-14-15(2)32-21-19(14)20(27-13-28-21)30-10-8-17(9-11-30)22(31)29(3)12-16-4-6-18(7-5-16)23(24,25)26/h4-7,13,17H,8-12H2,1-3H3. The Hall–Kier alpha value is -2.68. The van der Waals surface area contributed by atoms with Crippen LogP contribution in [0, 0.1) is 19.8 Å². The molecule has 1 aliphatic heterocycles. The van der Waals surface area contributed by atoms with Crippen LogP contribution in [0.3, 0.4) is 0 Å². The van der Waals surface area contributed by atoms with Gasteiger partial charge in [-0.15, -0.1) is 11.3 Å². The second kappa shape index (κ2) is 8.69. The molecule has 32 heavy (non-hydrogen) atoms. The first-order valence-electron chi connectivity index (χ1n) is 10.5. The molecule has 3 heterocycles. The summed E-state index contributed by atoms with van der Waals surface area (Å²) in [4.78, 5) is 27.9. The lowest BCUT2D eigenvalue weighted by Crippen LogP contribution is -2.41. The van der Waals surface area contributed by atoms with Crippen LogP contribution in [0.15, 0.2) is 30.6 Å². The Morgan fingerprint density at radius 1 is 1.16 bits per heavy atom. The summed E-state index contributed by atoms with van der Waals surface area (Å²) in [5, 5.41) is 1.10. The van der Waals surface area contributed by atoms with Gasteiger partial charge in [0.05, 0.1) is 10.9 Å². The topological polar surface area (TPSA) is 49.3 Å². The zero-order valence-electron chi connectivity index (χ0n) is 18.2. The molecule has 1 amide bonds. The van der Waals surface area contributed by atoms with Gasteiger partial charge in [0.1, 0.15) is 17.0 Å². The summed E-state index contributed by atoms with van der Waals surface area (Å²) in [6.07, 6.45) is -1.33. The van der Waals surface area contributed by atoms with Gasteiger partial charge in [-0.05, 0) is 49.9 Å². The maximum Gasteiger partial charge on any atom is 0.416 e. The number of carbonyl (C=O) groups excluding carboxylic acids is 1. The zero-order chi connectivity index (χ0) is 23.0. The maximum absolute atomic E-state index is 12.9. The molecular weight excluding hydrogens is 437 g/mol. The van der Waals surface area contributed by atoms with Gasteiger partial charge < -0.3 is 9.80 Å². The molecule has 1 aliphatic rings. The van der Waals surface area contributed by atoms with Crippen LogP contribution in [0.1, 0.15) is 34.4 Å². The van der Waals surface area contributed by atoms with Gasteiger partial charge in [0, 0.05) is 37.5 Å². The van der Waals surface area contributed by atoms with E-state index in [2.05, 4.69) is 28.7 Å². The van der Waals surface area contributed by atoms with Crippen molar-refractivity contribution in [3.63, 3.8) is 0 Å². The number of thiophene rings is 1. The fraction of sp³-hybridized carbons (Fsp3) is 0.435. The Kier molecular flexibility index (Phi) is 6.11. The Morgan fingerprint density at radius 2 is 1.81 bits per heavy atom. The number of aromatic nitrogens is 2. The van der Waals surface area contributed by atoms with Crippen molar-refractivity contribution in [3.8, 4) is 0 Å². The van der Waals surface area contributed by atoms with E-state index >= 15 is 0 Å². The maximum atomic E-state index is 12.9. The highest BCUT2D eigenvalue weighted by molar-refractivity contribution is 7.18. The number of nitrogens with zero attached hydrogens (tertiary/aromatic N) is 4. The number of halogens is 3. The van der Waals surface area contributed by atoms with E-state index in [0.29, 0.717) is 18.4 Å². The van der Waals surface area contributed by atoms with E-state index in [1.807, 2.05) is 0 Å². The number of fused-ring (bicyclic) bond motifs is 1. The zero-order valence-corrected chi connectivity index (χ0v) is 19.1. The van der Waals surface area contributed by atoms with Gasteiger partial charge in [0.2, 0.25) is 5.91 Å². The molecule has 0 radical (unpaired) electrons. The van der Waals surface area contributed by atoms with E-state index in [4.69, 9.17) is 0 Å². The first kappa shape index (κ1) is 22.5. The van der Waals surface area contributed by atoms with E-state index in [1.54, 1.807) is 29.6 Å². The molecule has 0 unspecified atom stereocenters. The molecule has 0 spiro atoms. The largest absolute Gasteiger partial charge is 0.416 e. The Morgan fingerprint density at radius 3 is 2.44 bits per heavy atom. The van der Waals surface area contributed by atoms with E-state index in [1.165, 1.54) is 22.6 Å². The van der Waals surface area contributed by atoms with Crippen LogP contribution >= 0.6 is 11.3 Å². The summed E-state index contributed by atoms with van der Waals surface area (Å²) in [6, 6.07) is 4.98. The Bertz CT molecular complexity index is 1120. The molecule has 0 N–H and O–H groups in total. The smallest absolute Gasteiger partial charge is 0.356 e. The van der Waals surface area contributed by atoms with Gasteiger partial charge in [-0.2, -0.15) is 13.2 Å². The van der Waals surface area contributed by atoms with Crippen molar-refractivity contribution in [3.05, 3.63) is 52.2 Å². The molecule has 1 saturated heterocycles. The minimum absolute atomic E-state index is 0.0277. The molecule has 1 fully saturated rings. The van der Waals surface area contributed by atoms with Crippen LogP contribution in [-0.2, 0) is 17.5 Å². The number of hydrogen-bond donors (Lipinski definition) is 0. The number of alkyl halides is 3. The van der Waals surface area contributed by atoms with Gasteiger partial charge in [0.25, 0.3) is 0 Å². The molecule has 5 nitrogen and oxygen atoms in total. The number of amides is 1. The average molecular weight is 463 g/mol. The van der Waals surface area contributed by atoms with Crippen molar-refractivity contribution < 1.29 is 18.0 Å². The van der Waals surface area contributed by atoms with Crippen molar-refractivity contribution in [2.75, 3.05) is 25.0 Å². The summed E-state index contributed by atoms with van der Waals surface area (Å²) in [5.74, 6) is 0.856. The fourth-order valence-corrected chi connectivity index (χ4v) is 5.20. The third-order valence-corrected chi connectivity index (χ3v) is 7.28. The summed E-state index contributed by atoms with van der Waals surface area (Å²) in [6.45, 7) is 5.92. The normalized spacial score (nSPS) is 15.4. The van der Waals surface area contributed by atoms with Crippen LogP contribution in [0.4, 0.5) is 19.0 Å². The van der Waals surface area contributed by atoms with Crippen LogP contribution < -0.4 is 4.90 Å². The first-order valence-corrected chi connectivity index (χ1v) is 11.3. The third-order valence-electron chi connectivity index (χ3n) is 6.17. The van der Waals surface area contributed by atoms with Crippen molar-refractivity contribution in [2.24, 2.45) is 5.92 Å². The number of rotatable bonds is 4. The lowest BCUT2D eigenvalue weighted by Gasteiger charge is -2.34. The van der Waals surface area contributed by atoms with Crippen molar-refractivity contribution in [1.29, 1.82) is 0 Å². The molecular formula is C23H25F3N4OS. The highest BCUT2D eigenvalue weighted by atomic mass is 32.1. The average Bonchev–Trinajstić information content (AvgIpc) is 3.07.